The second-order valence-corrected chi connectivity index (χ2v) is 4.86. The number of nitrogens with one attached hydrogen (secondary N) is 1. The van der Waals surface area contributed by atoms with E-state index in [1.807, 2.05) is 13.8 Å². The van der Waals surface area contributed by atoms with E-state index < -0.39 is 12.1 Å². The highest BCUT2D eigenvalue weighted by atomic mass is 16.5. The number of ether oxygens (including phenoxy) is 2. The van der Waals surface area contributed by atoms with E-state index in [0.717, 1.165) is 0 Å². The minimum atomic E-state index is -0.966. The molecule has 0 spiro atoms. The molecule has 21 heavy (non-hydrogen) atoms. The van der Waals surface area contributed by atoms with E-state index in [0.29, 0.717) is 11.3 Å². The van der Waals surface area contributed by atoms with Crippen molar-refractivity contribution in [1.29, 1.82) is 0 Å². The van der Waals surface area contributed by atoms with Crippen molar-refractivity contribution in [1.82, 2.24) is 5.32 Å². The molecule has 0 heterocycles. The van der Waals surface area contributed by atoms with Crippen molar-refractivity contribution in [3.63, 3.8) is 0 Å². The molecule has 6 nitrogen and oxygen atoms in total. The topological polar surface area (TPSA) is 84.9 Å². The monoisotopic (exact) mass is 295 g/mol. The van der Waals surface area contributed by atoms with Crippen LogP contribution in [0.2, 0.25) is 0 Å². The molecule has 0 saturated carbocycles. The molecule has 1 amide bonds. The Hall–Kier alpha value is -2.08. The van der Waals surface area contributed by atoms with Crippen LogP contribution in [0.25, 0.3) is 0 Å². The van der Waals surface area contributed by atoms with E-state index in [-0.39, 0.29) is 25.0 Å². The number of aliphatic carboxylic acids is 1. The lowest BCUT2D eigenvalue weighted by Gasteiger charge is -2.14. The normalized spacial score (nSPS) is 12.0. The standard InChI is InChI=1S/C15H21NO5/c1-10(2)21-12-6-4-11(5-7-12)15(19)16-9-13(20-3)8-14(17)18/h4-7,10,13H,8-9H2,1-3H3,(H,16,19)(H,17,18). The molecule has 1 atom stereocenters. The van der Waals surface area contributed by atoms with E-state index in [2.05, 4.69) is 5.32 Å². The van der Waals surface area contributed by atoms with Crippen LogP contribution in [0.3, 0.4) is 0 Å². The number of carboxylic acid groups (broad SMARTS) is 1. The predicted octanol–water partition coefficient (Wildman–Crippen LogP) is 1.69. The highest BCUT2D eigenvalue weighted by Gasteiger charge is 2.14. The Balaban J connectivity index is 2.53. The van der Waals surface area contributed by atoms with Gasteiger partial charge in [0.1, 0.15) is 5.75 Å². The third-order valence-corrected chi connectivity index (χ3v) is 2.71. The van der Waals surface area contributed by atoms with Crippen LogP contribution in [-0.2, 0) is 9.53 Å². The lowest BCUT2D eigenvalue weighted by Crippen LogP contribution is -2.34. The average Bonchev–Trinajstić information content (AvgIpc) is 2.42. The number of hydrogen-bond acceptors (Lipinski definition) is 4. The molecule has 1 aromatic rings. The highest BCUT2D eigenvalue weighted by Crippen LogP contribution is 2.13. The Bertz CT molecular complexity index is 469. The molecule has 0 aromatic heterocycles. The van der Waals surface area contributed by atoms with Crippen LogP contribution in [0, 0.1) is 0 Å². The summed E-state index contributed by atoms with van der Waals surface area (Å²) in [4.78, 5) is 22.5. The van der Waals surface area contributed by atoms with Crippen molar-refractivity contribution in [3.8, 4) is 5.75 Å². The average molecular weight is 295 g/mol. The third kappa shape index (κ3) is 6.27. The van der Waals surface area contributed by atoms with Crippen LogP contribution in [0.4, 0.5) is 0 Å². The first kappa shape index (κ1) is 17.0. The molecular formula is C15H21NO5. The van der Waals surface area contributed by atoms with Crippen LogP contribution in [0.15, 0.2) is 24.3 Å². The molecule has 0 fully saturated rings. The van der Waals surface area contributed by atoms with Gasteiger partial charge in [-0.2, -0.15) is 0 Å². The lowest BCUT2D eigenvalue weighted by molar-refractivity contribution is -0.139. The Kier molecular flexibility index (Phi) is 6.68. The molecule has 0 saturated heterocycles. The van der Waals surface area contributed by atoms with Crippen molar-refractivity contribution >= 4 is 11.9 Å². The maximum atomic E-state index is 11.9. The first-order chi connectivity index (χ1) is 9.92. The summed E-state index contributed by atoms with van der Waals surface area (Å²) in [7, 11) is 1.41. The lowest BCUT2D eigenvalue weighted by atomic mass is 10.2. The number of benzene rings is 1. The highest BCUT2D eigenvalue weighted by molar-refractivity contribution is 5.94. The van der Waals surface area contributed by atoms with Crippen molar-refractivity contribution in [2.45, 2.75) is 32.5 Å². The van der Waals surface area contributed by atoms with Gasteiger partial charge in [0.05, 0.1) is 18.6 Å². The van der Waals surface area contributed by atoms with Crippen LogP contribution < -0.4 is 10.1 Å². The van der Waals surface area contributed by atoms with E-state index in [4.69, 9.17) is 14.6 Å². The van der Waals surface area contributed by atoms with Gasteiger partial charge in [-0.05, 0) is 38.1 Å². The molecule has 1 aromatic carbocycles. The van der Waals surface area contributed by atoms with E-state index in [1.165, 1.54) is 7.11 Å². The number of carboxylic acids is 1. The van der Waals surface area contributed by atoms with Gasteiger partial charge in [0.25, 0.3) is 5.91 Å². The smallest absolute Gasteiger partial charge is 0.306 e. The summed E-state index contributed by atoms with van der Waals surface area (Å²) >= 11 is 0. The summed E-state index contributed by atoms with van der Waals surface area (Å²) in [6.45, 7) is 3.99. The third-order valence-electron chi connectivity index (χ3n) is 2.71. The molecule has 0 radical (unpaired) electrons. The molecule has 1 unspecified atom stereocenters. The molecule has 6 heteroatoms. The number of amides is 1. The summed E-state index contributed by atoms with van der Waals surface area (Å²) in [5, 5.41) is 11.3. The Morgan fingerprint density at radius 1 is 1.24 bits per heavy atom. The summed E-state index contributed by atoms with van der Waals surface area (Å²) in [6, 6.07) is 6.76. The summed E-state index contributed by atoms with van der Waals surface area (Å²) < 4.78 is 10.5. The first-order valence-electron chi connectivity index (χ1n) is 6.72. The number of hydrogen-bond donors (Lipinski definition) is 2. The number of carbonyl (C=O) groups is 2. The fourth-order valence-electron chi connectivity index (χ4n) is 1.70. The fraction of sp³-hybridized carbons (Fsp3) is 0.467. The second-order valence-electron chi connectivity index (χ2n) is 4.86. The maximum absolute atomic E-state index is 11.9. The quantitative estimate of drug-likeness (QED) is 0.762. The SMILES string of the molecule is COC(CNC(=O)c1ccc(OC(C)C)cc1)CC(=O)O. The Morgan fingerprint density at radius 3 is 2.33 bits per heavy atom. The predicted molar refractivity (Wildman–Crippen MR) is 77.6 cm³/mol. The molecule has 0 bridgehead atoms. The largest absolute Gasteiger partial charge is 0.491 e. The molecule has 116 valence electrons. The summed E-state index contributed by atoms with van der Waals surface area (Å²) in [5.74, 6) is -0.549. The van der Waals surface area contributed by atoms with Crippen LogP contribution in [-0.4, -0.2) is 42.8 Å². The number of rotatable bonds is 8. The number of carbonyl (C=O) groups excluding carboxylic acids is 1. The van der Waals surface area contributed by atoms with Gasteiger partial charge in [0, 0.05) is 19.2 Å². The zero-order valence-electron chi connectivity index (χ0n) is 12.5. The molecule has 2 N–H and O–H groups in total. The van der Waals surface area contributed by atoms with Gasteiger partial charge in [-0.1, -0.05) is 0 Å². The molecular weight excluding hydrogens is 274 g/mol. The van der Waals surface area contributed by atoms with Crippen molar-refractivity contribution in [2.24, 2.45) is 0 Å². The summed E-state index contributed by atoms with van der Waals surface area (Å²) in [6.07, 6.45) is -0.629. The molecule has 1 rings (SSSR count). The van der Waals surface area contributed by atoms with Crippen molar-refractivity contribution in [2.75, 3.05) is 13.7 Å². The first-order valence-corrected chi connectivity index (χ1v) is 6.72. The van der Waals surface area contributed by atoms with Gasteiger partial charge >= 0.3 is 5.97 Å². The molecule has 0 aliphatic carbocycles. The van der Waals surface area contributed by atoms with Gasteiger partial charge in [-0.15, -0.1) is 0 Å². The van der Waals surface area contributed by atoms with E-state index >= 15 is 0 Å². The second kappa shape index (κ2) is 8.26. The van der Waals surface area contributed by atoms with Crippen molar-refractivity contribution in [3.05, 3.63) is 29.8 Å². The van der Waals surface area contributed by atoms with Crippen molar-refractivity contribution < 1.29 is 24.2 Å². The van der Waals surface area contributed by atoms with Crippen LogP contribution >= 0.6 is 0 Å². The zero-order valence-corrected chi connectivity index (χ0v) is 12.5. The minimum absolute atomic E-state index is 0.0724. The molecule has 0 aliphatic rings. The van der Waals surface area contributed by atoms with Gasteiger partial charge in [0.15, 0.2) is 0 Å². The Labute approximate surface area is 124 Å². The van der Waals surface area contributed by atoms with Crippen LogP contribution in [0.1, 0.15) is 30.6 Å². The van der Waals surface area contributed by atoms with Gasteiger partial charge in [0.2, 0.25) is 0 Å². The summed E-state index contributed by atoms with van der Waals surface area (Å²) in [5.41, 5.74) is 0.483. The zero-order chi connectivity index (χ0) is 15.8. The van der Waals surface area contributed by atoms with Gasteiger partial charge in [-0.3, -0.25) is 9.59 Å². The minimum Gasteiger partial charge on any atom is -0.491 e. The van der Waals surface area contributed by atoms with Gasteiger partial charge < -0.3 is 19.9 Å². The maximum Gasteiger partial charge on any atom is 0.306 e. The number of methoxy groups -OCH3 is 1. The Morgan fingerprint density at radius 2 is 1.86 bits per heavy atom. The van der Waals surface area contributed by atoms with E-state index in [9.17, 15) is 9.59 Å². The fourth-order valence-corrected chi connectivity index (χ4v) is 1.70. The van der Waals surface area contributed by atoms with E-state index in [1.54, 1.807) is 24.3 Å². The molecule has 0 aliphatic heterocycles. The van der Waals surface area contributed by atoms with Gasteiger partial charge in [-0.25, -0.2) is 0 Å². The van der Waals surface area contributed by atoms with Crippen LogP contribution in [0.5, 0.6) is 5.75 Å².